The molecule has 2 aromatic rings. The van der Waals surface area contributed by atoms with Crippen molar-refractivity contribution in [2.24, 2.45) is 5.41 Å². The van der Waals surface area contributed by atoms with Crippen LogP contribution >= 0.6 is 0 Å². The molecule has 2 aromatic carbocycles. The zero-order valence-corrected chi connectivity index (χ0v) is 20.5. The first-order valence-corrected chi connectivity index (χ1v) is 12.1. The quantitative estimate of drug-likeness (QED) is 0.366. The van der Waals surface area contributed by atoms with Gasteiger partial charge in [0.15, 0.2) is 0 Å². The van der Waals surface area contributed by atoms with Gasteiger partial charge in [-0.15, -0.1) is 0 Å². The van der Waals surface area contributed by atoms with Crippen molar-refractivity contribution < 1.29 is 0 Å². The van der Waals surface area contributed by atoms with Crippen LogP contribution in [0.25, 0.3) is 0 Å². The van der Waals surface area contributed by atoms with Gasteiger partial charge in [-0.3, -0.25) is 0 Å². The van der Waals surface area contributed by atoms with E-state index >= 15 is 0 Å². The largest absolute Gasteiger partial charge is 0.356 e. The van der Waals surface area contributed by atoms with E-state index in [1.807, 2.05) is 0 Å². The van der Waals surface area contributed by atoms with Crippen molar-refractivity contribution >= 4 is 11.4 Å². The zero-order chi connectivity index (χ0) is 22.0. The summed E-state index contributed by atoms with van der Waals surface area (Å²) in [6.07, 6.45) is 12.2. The maximum atomic E-state index is 3.52. The summed E-state index contributed by atoms with van der Waals surface area (Å²) in [5.41, 5.74) is 5.84. The van der Waals surface area contributed by atoms with Gasteiger partial charge in [0.25, 0.3) is 0 Å². The van der Waals surface area contributed by atoms with Crippen LogP contribution < -0.4 is 5.32 Å². The highest BCUT2D eigenvalue weighted by molar-refractivity contribution is 5.60. The van der Waals surface area contributed by atoms with Gasteiger partial charge in [-0.25, -0.2) is 0 Å². The van der Waals surface area contributed by atoms with Gasteiger partial charge in [0.2, 0.25) is 0 Å². The zero-order valence-electron chi connectivity index (χ0n) is 20.5. The van der Waals surface area contributed by atoms with Crippen LogP contribution in [0.1, 0.15) is 104 Å². The molecule has 0 saturated carbocycles. The van der Waals surface area contributed by atoms with Crippen molar-refractivity contribution in [2.75, 3.05) is 5.32 Å². The lowest BCUT2D eigenvalue weighted by Crippen LogP contribution is -2.10. The van der Waals surface area contributed by atoms with Crippen LogP contribution in [0.4, 0.5) is 11.4 Å². The summed E-state index contributed by atoms with van der Waals surface area (Å²) in [5, 5.41) is 3.52. The molecule has 0 heterocycles. The van der Waals surface area contributed by atoms with Crippen molar-refractivity contribution in [1.29, 1.82) is 0 Å². The Morgan fingerprint density at radius 2 is 1.03 bits per heavy atom. The van der Waals surface area contributed by atoms with E-state index in [9.17, 15) is 0 Å². The number of nitrogens with one attached hydrogen (secondary N) is 1. The van der Waals surface area contributed by atoms with Crippen molar-refractivity contribution in [3.63, 3.8) is 0 Å². The highest BCUT2D eigenvalue weighted by Crippen LogP contribution is 2.25. The summed E-state index contributed by atoms with van der Waals surface area (Å²) < 4.78 is 0. The molecule has 2 rings (SSSR count). The maximum absolute atomic E-state index is 3.52. The third-order valence-corrected chi connectivity index (χ3v) is 5.89. The Morgan fingerprint density at radius 1 is 0.567 bits per heavy atom. The third-order valence-electron chi connectivity index (χ3n) is 5.89. The Hall–Kier alpha value is -1.76. The first-order chi connectivity index (χ1) is 14.1. The minimum absolute atomic E-state index is 0.201. The lowest BCUT2D eigenvalue weighted by molar-refractivity contribution is 0.356. The van der Waals surface area contributed by atoms with Crippen LogP contribution in [0.3, 0.4) is 0 Å². The van der Waals surface area contributed by atoms with E-state index in [1.165, 1.54) is 68.9 Å². The number of hydrogen-bond acceptors (Lipinski definition) is 1. The van der Waals surface area contributed by atoms with Gasteiger partial charge in [-0.2, -0.15) is 0 Å². The van der Waals surface area contributed by atoms with Gasteiger partial charge < -0.3 is 5.32 Å². The van der Waals surface area contributed by atoms with E-state index < -0.39 is 0 Å². The first-order valence-electron chi connectivity index (χ1n) is 12.1. The molecule has 0 amide bonds. The molecular weight excluding hydrogens is 362 g/mol. The van der Waals surface area contributed by atoms with Crippen LogP contribution in [0.2, 0.25) is 0 Å². The number of rotatable bonds is 11. The first kappa shape index (κ1) is 24.5. The van der Waals surface area contributed by atoms with Crippen molar-refractivity contribution in [3.8, 4) is 0 Å². The minimum Gasteiger partial charge on any atom is -0.356 e. The molecule has 1 heteroatoms. The molecule has 0 atom stereocenters. The van der Waals surface area contributed by atoms with E-state index in [1.54, 1.807) is 0 Å². The smallest absolute Gasteiger partial charge is 0.0384 e. The van der Waals surface area contributed by atoms with E-state index in [2.05, 4.69) is 95.4 Å². The number of unbranched alkanes of at least 4 members (excludes halogenated alkanes) is 6. The van der Waals surface area contributed by atoms with Crippen LogP contribution in [0.5, 0.6) is 0 Å². The molecule has 0 saturated heterocycles. The van der Waals surface area contributed by atoms with Gasteiger partial charge in [-0.1, -0.05) is 104 Å². The van der Waals surface area contributed by atoms with Gasteiger partial charge in [0.05, 0.1) is 0 Å². The standard InChI is InChI=1S/C29H45N/c1-28(2,3)23-13-11-9-7-8-10-12-14-24-15-19-26(20-16-24)30-27-21-17-25(18-22-27)29(4,5)6/h15-22,30H,7-14,23H2,1-6H3. The van der Waals surface area contributed by atoms with Crippen LogP contribution in [-0.4, -0.2) is 0 Å². The van der Waals surface area contributed by atoms with E-state index in [-0.39, 0.29) is 5.41 Å². The molecule has 1 nitrogen and oxygen atoms in total. The Bertz CT molecular complexity index is 711. The van der Waals surface area contributed by atoms with Gasteiger partial charge in [0, 0.05) is 11.4 Å². The second-order valence-electron chi connectivity index (χ2n) is 11.2. The van der Waals surface area contributed by atoms with Crippen LogP contribution in [0.15, 0.2) is 48.5 Å². The van der Waals surface area contributed by atoms with E-state index in [0.717, 1.165) is 11.4 Å². The van der Waals surface area contributed by atoms with Crippen molar-refractivity contribution in [2.45, 2.75) is 105 Å². The summed E-state index contributed by atoms with van der Waals surface area (Å²) in [4.78, 5) is 0. The fourth-order valence-corrected chi connectivity index (χ4v) is 3.84. The molecule has 0 aliphatic rings. The molecule has 0 bridgehead atoms. The highest BCUT2D eigenvalue weighted by Gasteiger charge is 2.12. The second kappa shape index (κ2) is 11.6. The summed E-state index contributed by atoms with van der Waals surface area (Å²) in [5.74, 6) is 0. The van der Waals surface area contributed by atoms with Gasteiger partial charge in [-0.05, 0) is 65.5 Å². The summed E-state index contributed by atoms with van der Waals surface area (Å²) in [7, 11) is 0. The predicted octanol–water partition coefficient (Wildman–Crippen LogP) is 9.44. The molecule has 30 heavy (non-hydrogen) atoms. The highest BCUT2D eigenvalue weighted by atomic mass is 14.9. The molecule has 0 radical (unpaired) electrons. The topological polar surface area (TPSA) is 12.0 Å². The Balaban J connectivity index is 1.62. The molecule has 0 aromatic heterocycles. The fraction of sp³-hybridized carbons (Fsp3) is 0.586. The predicted molar refractivity (Wildman–Crippen MR) is 135 cm³/mol. The Labute approximate surface area is 186 Å². The summed E-state index contributed by atoms with van der Waals surface area (Å²) in [6, 6.07) is 17.8. The summed E-state index contributed by atoms with van der Waals surface area (Å²) in [6.45, 7) is 13.8. The molecule has 0 aliphatic heterocycles. The lowest BCUT2D eigenvalue weighted by atomic mass is 9.87. The second-order valence-corrected chi connectivity index (χ2v) is 11.2. The summed E-state index contributed by atoms with van der Waals surface area (Å²) >= 11 is 0. The molecule has 0 fully saturated rings. The van der Waals surface area contributed by atoms with Crippen LogP contribution in [0, 0.1) is 5.41 Å². The number of hydrogen-bond donors (Lipinski definition) is 1. The van der Waals surface area contributed by atoms with Crippen molar-refractivity contribution in [3.05, 3.63) is 59.7 Å². The SMILES string of the molecule is CC(C)(C)CCCCCCCCCc1ccc(Nc2ccc(C(C)(C)C)cc2)cc1. The average molecular weight is 408 g/mol. The van der Waals surface area contributed by atoms with E-state index in [0.29, 0.717) is 5.41 Å². The molecular formula is C29H45N. The minimum atomic E-state index is 0.201. The van der Waals surface area contributed by atoms with Gasteiger partial charge >= 0.3 is 0 Å². The fourth-order valence-electron chi connectivity index (χ4n) is 3.84. The lowest BCUT2D eigenvalue weighted by Gasteiger charge is -2.19. The van der Waals surface area contributed by atoms with Gasteiger partial charge in [0.1, 0.15) is 0 Å². The van der Waals surface area contributed by atoms with Crippen LogP contribution in [-0.2, 0) is 11.8 Å². The number of benzene rings is 2. The number of anilines is 2. The third kappa shape index (κ3) is 9.83. The molecule has 0 aliphatic carbocycles. The van der Waals surface area contributed by atoms with Crippen molar-refractivity contribution in [1.82, 2.24) is 0 Å². The maximum Gasteiger partial charge on any atom is 0.0384 e. The molecule has 0 spiro atoms. The normalized spacial score (nSPS) is 12.2. The number of aryl methyl sites for hydroxylation is 1. The average Bonchev–Trinajstić information content (AvgIpc) is 2.67. The monoisotopic (exact) mass is 407 g/mol. The Morgan fingerprint density at radius 3 is 1.53 bits per heavy atom. The molecule has 0 unspecified atom stereocenters. The molecule has 166 valence electrons. The Kier molecular flexibility index (Phi) is 9.46. The molecule has 1 N–H and O–H groups in total. The van der Waals surface area contributed by atoms with E-state index in [4.69, 9.17) is 0 Å².